The molecule has 0 amide bonds. The van der Waals surface area contributed by atoms with Crippen molar-refractivity contribution in [3.8, 4) is 0 Å². The molecule has 0 atom stereocenters. The van der Waals surface area contributed by atoms with Gasteiger partial charge in [0.1, 0.15) is 5.84 Å². The van der Waals surface area contributed by atoms with E-state index in [4.69, 9.17) is 11.1 Å². The summed E-state index contributed by atoms with van der Waals surface area (Å²) in [5, 5.41) is 7.71. The predicted octanol–water partition coefficient (Wildman–Crippen LogP) is 3.24. The summed E-state index contributed by atoms with van der Waals surface area (Å²) in [6.07, 6.45) is -1.32. The zero-order valence-corrected chi connectivity index (χ0v) is 11.7. The van der Waals surface area contributed by atoms with Gasteiger partial charge in [0.15, 0.2) is 5.16 Å². The molecule has 21 heavy (non-hydrogen) atoms. The van der Waals surface area contributed by atoms with Crippen LogP contribution >= 0.6 is 11.8 Å². The Kier molecular flexibility index (Phi) is 4.17. The zero-order valence-electron chi connectivity index (χ0n) is 10.9. The molecule has 2 rings (SSSR count). The van der Waals surface area contributed by atoms with E-state index in [-0.39, 0.29) is 5.56 Å². The van der Waals surface area contributed by atoms with Crippen LogP contribution in [-0.2, 0) is 6.18 Å². The van der Waals surface area contributed by atoms with Crippen molar-refractivity contribution < 1.29 is 13.2 Å². The molecule has 3 N–H and O–H groups in total. The Morgan fingerprint density at radius 1 is 1.24 bits per heavy atom. The second kappa shape index (κ2) is 5.72. The van der Waals surface area contributed by atoms with Gasteiger partial charge in [0.25, 0.3) is 0 Å². The first-order chi connectivity index (χ1) is 9.77. The second-order valence-electron chi connectivity index (χ2n) is 4.26. The number of benzene rings is 1. The Morgan fingerprint density at radius 2 is 1.86 bits per heavy atom. The Hall–Kier alpha value is -2.09. The van der Waals surface area contributed by atoms with Crippen molar-refractivity contribution in [2.45, 2.75) is 23.2 Å². The van der Waals surface area contributed by atoms with Crippen LogP contribution in [0.3, 0.4) is 0 Å². The highest BCUT2D eigenvalue weighted by atomic mass is 32.2. The monoisotopic (exact) mass is 312 g/mol. The molecule has 0 bridgehead atoms. The molecule has 0 radical (unpaired) electrons. The number of aryl methyl sites for hydroxylation is 1. The third-order valence-electron chi connectivity index (χ3n) is 2.55. The van der Waals surface area contributed by atoms with Gasteiger partial charge in [-0.1, -0.05) is 0 Å². The molecule has 0 aliphatic carbocycles. The fourth-order valence-corrected chi connectivity index (χ4v) is 2.33. The minimum atomic E-state index is -4.55. The van der Waals surface area contributed by atoms with Crippen molar-refractivity contribution in [1.82, 2.24) is 9.97 Å². The summed E-state index contributed by atoms with van der Waals surface area (Å²) in [4.78, 5) is 8.61. The summed E-state index contributed by atoms with van der Waals surface area (Å²) in [6.45, 7) is 1.83. The van der Waals surface area contributed by atoms with Crippen molar-refractivity contribution >= 4 is 17.6 Å². The highest BCUT2D eigenvalue weighted by Gasteiger charge is 2.34. The molecule has 1 heterocycles. The molecule has 0 aliphatic heterocycles. The molecule has 2 aromatic rings. The van der Waals surface area contributed by atoms with E-state index < -0.39 is 17.6 Å². The van der Waals surface area contributed by atoms with E-state index in [1.54, 1.807) is 12.4 Å². The minimum absolute atomic E-state index is 0.348. The van der Waals surface area contributed by atoms with Crippen LogP contribution < -0.4 is 5.73 Å². The normalized spacial score (nSPS) is 11.4. The molecule has 4 nitrogen and oxygen atoms in total. The fourth-order valence-electron chi connectivity index (χ4n) is 1.60. The summed E-state index contributed by atoms with van der Waals surface area (Å²) < 4.78 is 38.5. The van der Waals surface area contributed by atoms with Gasteiger partial charge < -0.3 is 5.73 Å². The lowest BCUT2D eigenvalue weighted by Gasteiger charge is -2.13. The SMILES string of the molecule is Cc1cnc(Sc2ccc(C(F)(F)F)c(C(=N)N)c2)nc1. The number of amidine groups is 1. The van der Waals surface area contributed by atoms with E-state index in [1.807, 2.05) is 6.92 Å². The summed E-state index contributed by atoms with van der Waals surface area (Å²) >= 11 is 1.11. The summed E-state index contributed by atoms with van der Waals surface area (Å²) in [5.74, 6) is -0.630. The molecule has 1 aromatic heterocycles. The van der Waals surface area contributed by atoms with Gasteiger partial charge in [-0.15, -0.1) is 0 Å². The maximum atomic E-state index is 12.8. The van der Waals surface area contributed by atoms with Crippen LogP contribution in [-0.4, -0.2) is 15.8 Å². The molecule has 0 fully saturated rings. The van der Waals surface area contributed by atoms with Gasteiger partial charge in [0, 0.05) is 22.9 Å². The van der Waals surface area contributed by atoms with Crippen LogP contribution in [0.1, 0.15) is 16.7 Å². The smallest absolute Gasteiger partial charge is 0.384 e. The molecule has 0 saturated carbocycles. The van der Waals surface area contributed by atoms with E-state index >= 15 is 0 Å². The summed E-state index contributed by atoms with van der Waals surface area (Å²) in [6, 6.07) is 3.44. The molecule has 0 aliphatic rings. The van der Waals surface area contributed by atoms with Crippen LogP contribution in [0.15, 0.2) is 40.6 Å². The summed E-state index contributed by atoms with van der Waals surface area (Å²) in [5.41, 5.74) is 4.85. The number of nitrogens with two attached hydrogens (primary N) is 1. The lowest BCUT2D eigenvalue weighted by Crippen LogP contribution is -2.18. The Bertz CT molecular complexity index is 668. The lowest BCUT2D eigenvalue weighted by atomic mass is 10.1. The number of aromatic nitrogens is 2. The van der Waals surface area contributed by atoms with Crippen LogP contribution in [0, 0.1) is 12.3 Å². The maximum Gasteiger partial charge on any atom is 0.417 e. The second-order valence-corrected chi connectivity index (χ2v) is 5.30. The first-order valence-corrected chi connectivity index (χ1v) is 6.61. The van der Waals surface area contributed by atoms with E-state index in [9.17, 15) is 13.2 Å². The average Bonchev–Trinajstić information content (AvgIpc) is 2.40. The average molecular weight is 312 g/mol. The van der Waals surface area contributed by atoms with Crippen molar-refractivity contribution in [3.05, 3.63) is 47.3 Å². The van der Waals surface area contributed by atoms with Gasteiger partial charge >= 0.3 is 6.18 Å². The molecule has 0 unspecified atom stereocenters. The minimum Gasteiger partial charge on any atom is -0.384 e. The van der Waals surface area contributed by atoms with E-state index in [2.05, 4.69) is 9.97 Å². The van der Waals surface area contributed by atoms with E-state index in [0.29, 0.717) is 10.1 Å². The molecule has 0 spiro atoms. The van der Waals surface area contributed by atoms with Crippen LogP contribution in [0.2, 0.25) is 0 Å². The van der Waals surface area contributed by atoms with Crippen molar-refractivity contribution in [1.29, 1.82) is 5.41 Å². The van der Waals surface area contributed by atoms with Crippen molar-refractivity contribution in [2.75, 3.05) is 0 Å². The van der Waals surface area contributed by atoms with Crippen LogP contribution in [0.5, 0.6) is 0 Å². The lowest BCUT2D eigenvalue weighted by molar-refractivity contribution is -0.137. The number of halogens is 3. The highest BCUT2D eigenvalue weighted by molar-refractivity contribution is 7.99. The number of hydrogen-bond donors (Lipinski definition) is 2. The number of hydrogen-bond acceptors (Lipinski definition) is 4. The largest absolute Gasteiger partial charge is 0.417 e. The number of nitrogen functional groups attached to an aromatic ring is 1. The quantitative estimate of drug-likeness (QED) is 0.518. The molecule has 1 aromatic carbocycles. The van der Waals surface area contributed by atoms with Crippen molar-refractivity contribution in [2.24, 2.45) is 5.73 Å². The predicted molar refractivity (Wildman–Crippen MR) is 73.4 cm³/mol. The standard InChI is InChI=1S/C13H11F3N4S/c1-7-5-19-12(20-6-7)21-8-2-3-10(13(14,15)16)9(4-8)11(17)18/h2-6H,1H3,(H3,17,18). The van der Waals surface area contributed by atoms with Gasteiger partial charge in [-0.2, -0.15) is 13.2 Å². The van der Waals surface area contributed by atoms with Gasteiger partial charge in [0.05, 0.1) is 5.56 Å². The topological polar surface area (TPSA) is 75.7 Å². The zero-order chi connectivity index (χ0) is 15.6. The van der Waals surface area contributed by atoms with Gasteiger partial charge in [0.2, 0.25) is 0 Å². The highest BCUT2D eigenvalue weighted by Crippen LogP contribution is 2.35. The van der Waals surface area contributed by atoms with Gasteiger partial charge in [-0.3, -0.25) is 5.41 Å². The van der Waals surface area contributed by atoms with Gasteiger partial charge in [-0.25, -0.2) is 9.97 Å². The van der Waals surface area contributed by atoms with Crippen LogP contribution in [0.25, 0.3) is 0 Å². The van der Waals surface area contributed by atoms with E-state index in [0.717, 1.165) is 23.4 Å². The number of nitrogens with one attached hydrogen (secondary N) is 1. The Balaban J connectivity index is 2.36. The fraction of sp³-hybridized carbons (Fsp3) is 0.154. The number of nitrogens with zero attached hydrogens (tertiary/aromatic N) is 2. The van der Waals surface area contributed by atoms with Gasteiger partial charge in [-0.05, 0) is 42.4 Å². The maximum absolute atomic E-state index is 12.8. The number of alkyl halides is 3. The third-order valence-corrected chi connectivity index (χ3v) is 3.44. The first-order valence-electron chi connectivity index (χ1n) is 5.79. The van der Waals surface area contributed by atoms with E-state index in [1.165, 1.54) is 12.1 Å². The third kappa shape index (κ3) is 3.72. The molecular weight excluding hydrogens is 301 g/mol. The summed E-state index contributed by atoms with van der Waals surface area (Å²) in [7, 11) is 0. The Morgan fingerprint density at radius 3 is 2.38 bits per heavy atom. The molecular formula is C13H11F3N4S. The molecule has 110 valence electrons. The Labute approximate surface area is 123 Å². The molecule has 0 saturated heterocycles. The first kappa shape index (κ1) is 15.3. The van der Waals surface area contributed by atoms with Crippen molar-refractivity contribution in [3.63, 3.8) is 0 Å². The number of rotatable bonds is 3. The van der Waals surface area contributed by atoms with Crippen LogP contribution in [0.4, 0.5) is 13.2 Å². The molecule has 8 heteroatoms.